The average Bonchev–Trinajstić information content (AvgIpc) is 3.53. The van der Waals surface area contributed by atoms with Crippen LogP contribution in [0.1, 0.15) is 46.3 Å². The van der Waals surface area contributed by atoms with E-state index in [1.807, 2.05) is 42.5 Å². The van der Waals surface area contributed by atoms with Crippen molar-refractivity contribution in [3.8, 4) is 0 Å². The van der Waals surface area contributed by atoms with Crippen LogP contribution in [0.15, 0.2) is 58.4 Å². The Bertz CT molecular complexity index is 1260. The molecule has 1 aromatic heterocycles. The second kappa shape index (κ2) is 7.89. The van der Waals surface area contributed by atoms with E-state index in [4.69, 9.17) is 4.74 Å². The van der Waals surface area contributed by atoms with Crippen LogP contribution in [0.25, 0.3) is 10.8 Å². The Morgan fingerprint density at radius 3 is 2.71 bits per heavy atom. The first-order valence-electron chi connectivity index (χ1n) is 10.3. The number of carbonyl (C=O) groups is 2. The molecule has 1 amide bonds. The summed E-state index contributed by atoms with van der Waals surface area (Å²) in [6, 6.07) is 14.4. The zero-order valence-corrected chi connectivity index (χ0v) is 17.9. The highest BCUT2D eigenvalue weighted by Gasteiger charge is 2.38. The number of carbonyl (C=O) groups excluding carboxylic acids is 2. The monoisotopic (exact) mass is 434 g/mol. The Labute approximate surface area is 183 Å². The third-order valence-electron chi connectivity index (χ3n) is 5.95. The first kappa shape index (κ1) is 19.9. The van der Waals surface area contributed by atoms with Crippen molar-refractivity contribution in [1.82, 2.24) is 9.88 Å². The molecule has 1 saturated carbocycles. The number of aromatic nitrogens is 1. The second-order valence-corrected chi connectivity index (χ2v) is 8.94. The van der Waals surface area contributed by atoms with Crippen molar-refractivity contribution in [2.75, 3.05) is 12.9 Å². The number of nitrogens with zero attached hydrogens (tertiary/aromatic N) is 1. The molecule has 6 nitrogen and oxygen atoms in total. The molecule has 2 aliphatic rings. The van der Waals surface area contributed by atoms with Crippen LogP contribution in [-0.2, 0) is 16.1 Å². The van der Waals surface area contributed by atoms with Crippen LogP contribution >= 0.6 is 11.8 Å². The van der Waals surface area contributed by atoms with E-state index in [-0.39, 0.29) is 18.0 Å². The summed E-state index contributed by atoms with van der Waals surface area (Å²) in [5, 5.41) is 5.76. The molecule has 1 aliphatic carbocycles. The number of hydrogen-bond acceptors (Lipinski definition) is 5. The van der Waals surface area contributed by atoms with Crippen molar-refractivity contribution in [2.24, 2.45) is 0 Å². The Morgan fingerprint density at radius 2 is 1.94 bits per heavy atom. The number of esters is 1. The molecule has 0 unspecified atom stereocenters. The summed E-state index contributed by atoms with van der Waals surface area (Å²) in [6.45, 7) is 0.278. The van der Waals surface area contributed by atoms with Gasteiger partial charge in [0.15, 0.2) is 0 Å². The zero-order chi connectivity index (χ0) is 21.5. The number of ether oxygens (including phenoxy) is 1. The summed E-state index contributed by atoms with van der Waals surface area (Å²) >= 11 is 1.52. The fraction of sp³-hybridized carbons (Fsp3) is 0.292. The largest absolute Gasteiger partial charge is 0.467 e. The van der Waals surface area contributed by atoms with Crippen molar-refractivity contribution >= 4 is 34.4 Å². The molecule has 0 bridgehead atoms. The minimum atomic E-state index is -0.589. The van der Waals surface area contributed by atoms with Crippen LogP contribution in [0.3, 0.4) is 0 Å². The van der Waals surface area contributed by atoms with E-state index in [0.717, 1.165) is 39.8 Å². The molecule has 1 atom stereocenters. The van der Waals surface area contributed by atoms with Gasteiger partial charge in [-0.2, -0.15) is 0 Å². The lowest BCUT2D eigenvalue weighted by molar-refractivity contribution is -0.143. The van der Waals surface area contributed by atoms with Gasteiger partial charge in [0.25, 0.3) is 11.5 Å². The summed E-state index contributed by atoms with van der Waals surface area (Å²) < 4.78 is 6.46. The van der Waals surface area contributed by atoms with Gasteiger partial charge in [0, 0.05) is 23.9 Å². The van der Waals surface area contributed by atoms with Crippen LogP contribution in [0, 0.1) is 0 Å². The lowest BCUT2D eigenvalue weighted by Crippen LogP contribution is -2.31. The topological polar surface area (TPSA) is 77.4 Å². The number of benzene rings is 2. The zero-order valence-electron chi connectivity index (χ0n) is 17.1. The Balaban J connectivity index is 1.46. The molecule has 2 heterocycles. The van der Waals surface area contributed by atoms with Crippen molar-refractivity contribution in [2.45, 2.75) is 36.4 Å². The van der Waals surface area contributed by atoms with Crippen LogP contribution < -0.4 is 10.9 Å². The summed E-state index contributed by atoms with van der Waals surface area (Å²) in [5.41, 5.74) is 2.32. The number of nitrogens with one attached hydrogen (secondary N) is 1. The molecular formula is C24H22N2O4S. The number of pyridine rings is 1. The van der Waals surface area contributed by atoms with Gasteiger partial charge in [0.2, 0.25) is 0 Å². The van der Waals surface area contributed by atoms with E-state index in [1.165, 1.54) is 18.9 Å². The van der Waals surface area contributed by atoms with Gasteiger partial charge in [0.05, 0.1) is 12.1 Å². The van der Waals surface area contributed by atoms with E-state index in [2.05, 4.69) is 5.32 Å². The normalized spacial score (nSPS) is 17.4. The predicted molar refractivity (Wildman–Crippen MR) is 120 cm³/mol. The molecule has 0 saturated heterocycles. The van der Waals surface area contributed by atoms with Gasteiger partial charge in [-0.15, -0.1) is 11.8 Å². The highest BCUT2D eigenvalue weighted by atomic mass is 32.2. The van der Waals surface area contributed by atoms with Crippen LogP contribution in [0.5, 0.6) is 0 Å². The summed E-state index contributed by atoms with van der Waals surface area (Å²) in [6.07, 6.45) is 2.11. The fourth-order valence-corrected chi connectivity index (χ4v) is 5.71. The second-order valence-electron chi connectivity index (χ2n) is 7.93. The molecule has 3 aromatic rings. The van der Waals surface area contributed by atoms with Gasteiger partial charge in [-0.25, -0.2) is 4.79 Å². The smallest absolute Gasteiger partial charge is 0.329 e. The quantitative estimate of drug-likeness (QED) is 0.621. The lowest BCUT2D eigenvalue weighted by atomic mass is 10.0. The average molecular weight is 435 g/mol. The maximum atomic E-state index is 13.0. The number of fused-ring (bicyclic) bond motifs is 2. The Hall–Kier alpha value is -3.06. The number of methoxy groups -OCH3 is 1. The molecule has 5 rings (SSSR count). The van der Waals surface area contributed by atoms with E-state index < -0.39 is 12.0 Å². The first-order valence-corrected chi connectivity index (χ1v) is 11.3. The SMILES string of the molecule is COC(=O)[C@@H]1CSc2c(C3CC3)c(CNC(=O)c3cccc4ccccc34)cc(=O)n21. The molecule has 1 N–H and O–H groups in total. The van der Waals surface area contributed by atoms with E-state index in [1.54, 1.807) is 10.6 Å². The van der Waals surface area contributed by atoms with Gasteiger partial charge in [-0.05, 0) is 46.7 Å². The number of thioether (sulfide) groups is 1. The minimum Gasteiger partial charge on any atom is -0.467 e. The van der Waals surface area contributed by atoms with Crippen molar-refractivity contribution < 1.29 is 14.3 Å². The maximum Gasteiger partial charge on any atom is 0.329 e. The molecule has 0 spiro atoms. The van der Waals surface area contributed by atoms with Crippen molar-refractivity contribution in [3.63, 3.8) is 0 Å². The van der Waals surface area contributed by atoms with Crippen LogP contribution in [0.2, 0.25) is 0 Å². The lowest BCUT2D eigenvalue weighted by Gasteiger charge is -2.17. The number of hydrogen-bond donors (Lipinski definition) is 1. The maximum absolute atomic E-state index is 13.0. The molecule has 2 aromatic carbocycles. The molecule has 1 fully saturated rings. The minimum absolute atomic E-state index is 0.167. The number of amides is 1. The third-order valence-corrected chi connectivity index (χ3v) is 7.12. The molecule has 1 aliphatic heterocycles. The van der Waals surface area contributed by atoms with E-state index in [9.17, 15) is 14.4 Å². The van der Waals surface area contributed by atoms with Gasteiger partial charge in [0.1, 0.15) is 6.04 Å². The molecular weight excluding hydrogens is 412 g/mol. The van der Waals surface area contributed by atoms with E-state index >= 15 is 0 Å². The summed E-state index contributed by atoms with van der Waals surface area (Å²) in [5.74, 6) is 0.300. The first-order chi connectivity index (χ1) is 15.1. The Kier molecular flexibility index (Phi) is 5.06. The van der Waals surface area contributed by atoms with Gasteiger partial charge in [-0.3, -0.25) is 14.2 Å². The van der Waals surface area contributed by atoms with Gasteiger partial charge < -0.3 is 10.1 Å². The van der Waals surface area contributed by atoms with Gasteiger partial charge in [-0.1, -0.05) is 36.4 Å². The third kappa shape index (κ3) is 3.53. The fourth-order valence-electron chi connectivity index (χ4n) is 4.30. The molecule has 7 heteroatoms. The summed E-state index contributed by atoms with van der Waals surface area (Å²) in [7, 11) is 1.34. The molecule has 158 valence electrons. The Morgan fingerprint density at radius 1 is 1.16 bits per heavy atom. The highest BCUT2D eigenvalue weighted by molar-refractivity contribution is 7.99. The molecule has 0 radical (unpaired) electrons. The number of rotatable bonds is 5. The van der Waals surface area contributed by atoms with Crippen molar-refractivity contribution in [3.05, 3.63) is 75.6 Å². The summed E-state index contributed by atoms with van der Waals surface area (Å²) in [4.78, 5) is 38.0. The standard InChI is InChI=1S/C24H22N2O4S/c1-30-24(29)19-13-31-23-21(15-9-10-15)16(11-20(27)26(19)23)12-25-22(28)18-8-4-6-14-5-2-3-7-17(14)18/h2-8,11,15,19H,9-10,12-13H2,1H3,(H,25,28)/t19-/m0/s1. The van der Waals surface area contributed by atoms with Gasteiger partial charge >= 0.3 is 5.97 Å². The van der Waals surface area contributed by atoms with Crippen LogP contribution in [-0.4, -0.2) is 29.3 Å². The predicted octanol–water partition coefficient (Wildman–Crippen LogP) is 3.63. The van der Waals surface area contributed by atoms with E-state index in [0.29, 0.717) is 17.2 Å². The van der Waals surface area contributed by atoms with Crippen molar-refractivity contribution in [1.29, 1.82) is 0 Å². The molecule has 31 heavy (non-hydrogen) atoms. The van der Waals surface area contributed by atoms with Crippen LogP contribution in [0.4, 0.5) is 0 Å². The highest BCUT2D eigenvalue weighted by Crippen LogP contribution is 2.48.